The van der Waals surface area contributed by atoms with Crippen LogP contribution >= 0.6 is 23.8 Å². The average Bonchev–Trinajstić information content (AvgIpc) is 2.34. The molecule has 1 aromatic carbocycles. The molecule has 0 atom stereocenters. The van der Waals surface area contributed by atoms with E-state index in [1.165, 1.54) is 12.8 Å². The van der Waals surface area contributed by atoms with Crippen molar-refractivity contribution in [3.8, 4) is 0 Å². The number of thiocarbonyl (C=S) groups is 1. The second-order valence-corrected chi connectivity index (χ2v) is 5.88. The summed E-state index contributed by atoms with van der Waals surface area (Å²) in [6, 6.07) is 5.83. The normalized spacial score (nSPS) is 16.7. The first-order chi connectivity index (χ1) is 8.56. The second kappa shape index (κ2) is 5.89. The van der Waals surface area contributed by atoms with Crippen molar-refractivity contribution < 1.29 is 0 Å². The largest absolute Gasteiger partial charge is 0.349 e. The van der Waals surface area contributed by atoms with Gasteiger partial charge in [0.2, 0.25) is 0 Å². The van der Waals surface area contributed by atoms with E-state index in [1.54, 1.807) is 0 Å². The van der Waals surface area contributed by atoms with E-state index in [1.807, 2.05) is 18.2 Å². The van der Waals surface area contributed by atoms with E-state index >= 15 is 0 Å². The Kier molecular flexibility index (Phi) is 4.46. The third kappa shape index (κ3) is 3.36. The van der Waals surface area contributed by atoms with Gasteiger partial charge in [0.05, 0.1) is 0 Å². The molecule has 2 nitrogen and oxygen atoms in total. The lowest BCUT2D eigenvalue weighted by Crippen LogP contribution is -2.40. The zero-order valence-corrected chi connectivity index (χ0v) is 12.4. The SMILES string of the molecule is Cc1ccc(Cl)cc1NC(=S)N1CCC(C)CC1. The fourth-order valence-corrected chi connectivity index (χ4v) is 2.60. The van der Waals surface area contributed by atoms with Crippen LogP contribution in [0.1, 0.15) is 25.3 Å². The standard InChI is InChI=1S/C14H19ClN2S/c1-10-5-7-17(8-6-10)14(18)16-13-9-12(15)4-3-11(13)2/h3-4,9-10H,5-8H2,1-2H3,(H,16,18). The number of benzene rings is 1. The molecule has 1 aliphatic heterocycles. The summed E-state index contributed by atoms with van der Waals surface area (Å²) < 4.78 is 0. The smallest absolute Gasteiger partial charge is 0.173 e. The van der Waals surface area contributed by atoms with Gasteiger partial charge >= 0.3 is 0 Å². The molecule has 4 heteroatoms. The maximum atomic E-state index is 6.01. The molecule has 98 valence electrons. The van der Waals surface area contributed by atoms with Crippen LogP contribution in [0, 0.1) is 12.8 Å². The minimum Gasteiger partial charge on any atom is -0.349 e. The number of anilines is 1. The Labute approximate surface area is 119 Å². The molecule has 0 unspecified atom stereocenters. The minimum absolute atomic E-state index is 0.734. The van der Waals surface area contributed by atoms with Gasteiger partial charge in [-0.2, -0.15) is 0 Å². The molecule has 0 aromatic heterocycles. The number of likely N-dealkylation sites (tertiary alicyclic amines) is 1. The van der Waals surface area contributed by atoms with Crippen molar-refractivity contribution in [1.29, 1.82) is 0 Å². The first-order valence-electron chi connectivity index (χ1n) is 6.38. The van der Waals surface area contributed by atoms with Gasteiger partial charge in [0.25, 0.3) is 0 Å². The van der Waals surface area contributed by atoms with Crippen LogP contribution in [0.4, 0.5) is 5.69 Å². The van der Waals surface area contributed by atoms with Crippen molar-refractivity contribution in [2.24, 2.45) is 5.92 Å². The number of nitrogens with zero attached hydrogens (tertiary/aromatic N) is 1. The molecule has 0 amide bonds. The second-order valence-electron chi connectivity index (χ2n) is 5.06. The van der Waals surface area contributed by atoms with Crippen LogP contribution in [0.25, 0.3) is 0 Å². The Hall–Kier alpha value is -0.800. The Bertz CT molecular complexity index is 439. The predicted octanol–water partition coefficient (Wildman–Crippen LogP) is 4.08. The van der Waals surface area contributed by atoms with E-state index in [0.29, 0.717) is 0 Å². The molecule has 18 heavy (non-hydrogen) atoms. The summed E-state index contributed by atoms with van der Waals surface area (Å²) in [5, 5.41) is 4.86. The third-order valence-corrected chi connectivity index (χ3v) is 4.11. The number of hydrogen-bond acceptors (Lipinski definition) is 1. The van der Waals surface area contributed by atoms with Gasteiger partial charge in [-0.15, -0.1) is 0 Å². The number of rotatable bonds is 1. The lowest BCUT2D eigenvalue weighted by atomic mass is 10.00. The summed E-state index contributed by atoms with van der Waals surface area (Å²) in [6.45, 7) is 6.45. The van der Waals surface area contributed by atoms with Crippen molar-refractivity contribution in [1.82, 2.24) is 4.90 Å². The molecule has 1 aliphatic rings. The Morgan fingerprint density at radius 1 is 1.39 bits per heavy atom. The molecule has 0 spiro atoms. The van der Waals surface area contributed by atoms with Crippen molar-refractivity contribution >= 4 is 34.6 Å². The first-order valence-corrected chi connectivity index (χ1v) is 7.17. The molecule has 2 rings (SSSR count). The van der Waals surface area contributed by atoms with Gasteiger partial charge in [-0.3, -0.25) is 0 Å². The molecule has 1 saturated heterocycles. The average molecular weight is 283 g/mol. The lowest BCUT2D eigenvalue weighted by Gasteiger charge is -2.32. The van der Waals surface area contributed by atoms with E-state index < -0.39 is 0 Å². The molecular formula is C14H19ClN2S. The van der Waals surface area contributed by atoms with Gasteiger partial charge in [-0.05, 0) is 55.6 Å². The first kappa shape index (κ1) is 13.6. The van der Waals surface area contributed by atoms with Crippen LogP contribution in [-0.2, 0) is 0 Å². The molecular weight excluding hydrogens is 264 g/mol. The quantitative estimate of drug-likeness (QED) is 0.782. The molecule has 1 aromatic rings. The van der Waals surface area contributed by atoms with Crippen LogP contribution < -0.4 is 5.32 Å². The molecule has 0 bridgehead atoms. The monoisotopic (exact) mass is 282 g/mol. The summed E-state index contributed by atoms with van der Waals surface area (Å²) in [5.74, 6) is 0.817. The van der Waals surface area contributed by atoms with Crippen molar-refractivity contribution in [3.63, 3.8) is 0 Å². The number of nitrogens with one attached hydrogen (secondary N) is 1. The number of halogens is 1. The van der Waals surface area contributed by atoms with Crippen LogP contribution in [0.2, 0.25) is 5.02 Å². The van der Waals surface area contributed by atoms with Crippen LogP contribution in [0.5, 0.6) is 0 Å². The highest BCUT2D eigenvalue weighted by atomic mass is 35.5. The molecule has 1 heterocycles. The summed E-state index contributed by atoms with van der Waals surface area (Å²) >= 11 is 11.5. The van der Waals surface area contributed by atoms with Gasteiger partial charge in [-0.1, -0.05) is 24.6 Å². The van der Waals surface area contributed by atoms with Crippen LogP contribution in [-0.4, -0.2) is 23.1 Å². The van der Waals surface area contributed by atoms with E-state index in [-0.39, 0.29) is 0 Å². The highest BCUT2D eigenvalue weighted by Crippen LogP contribution is 2.22. The Morgan fingerprint density at radius 2 is 2.06 bits per heavy atom. The highest BCUT2D eigenvalue weighted by molar-refractivity contribution is 7.80. The van der Waals surface area contributed by atoms with Gasteiger partial charge < -0.3 is 10.2 Å². The van der Waals surface area contributed by atoms with Gasteiger partial charge in [0, 0.05) is 23.8 Å². The molecule has 1 N–H and O–H groups in total. The fourth-order valence-electron chi connectivity index (χ4n) is 2.13. The maximum absolute atomic E-state index is 6.01. The van der Waals surface area contributed by atoms with Gasteiger partial charge in [0.1, 0.15) is 0 Å². The zero-order valence-electron chi connectivity index (χ0n) is 10.9. The van der Waals surface area contributed by atoms with Crippen molar-refractivity contribution in [2.75, 3.05) is 18.4 Å². The predicted molar refractivity (Wildman–Crippen MR) is 82.4 cm³/mol. The van der Waals surface area contributed by atoms with Crippen LogP contribution in [0.15, 0.2) is 18.2 Å². The number of piperidine rings is 1. The maximum Gasteiger partial charge on any atom is 0.173 e. The van der Waals surface area contributed by atoms with E-state index in [2.05, 4.69) is 24.1 Å². The zero-order chi connectivity index (χ0) is 13.1. The van der Waals surface area contributed by atoms with E-state index in [9.17, 15) is 0 Å². The molecule has 0 aliphatic carbocycles. The highest BCUT2D eigenvalue weighted by Gasteiger charge is 2.18. The minimum atomic E-state index is 0.734. The number of hydrogen-bond donors (Lipinski definition) is 1. The van der Waals surface area contributed by atoms with Crippen molar-refractivity contribution in [3.05, 3.63) is 28.8 Å². The summed E-state index contributed by atoms with van der Waals surface area (Å²) in [5.41, 5.74) is 2.17. The summed E-state index contributed by atoms with van der Waals surface area (Å²) in [7, 11) is 0. The van der Waals surface area contributed by atoms with Crippen molar-refractivity contribution in [2.45, 2.75) is 26.7 Å². The lowest BCUT2D eigenvalue weighted by molar-refractivity contribution is 0.283. The van der Waals surface area contributed by atoms with Gasteiger partial charge in [0.15, 0.2) is 5.11 Å². The number of aryl methyl sites for hydroxylation is 1. The Morgan fingerprint density at radius 3 is 2.72 bits per heavy atom. The van der Waals surface area contributed by atoms with Crippen LogP contribution in [0.3, 0.4) is 0 Å². The Balaban J connectivity index is 2.00. The summed E-state index contributed by atoms with van der Waals surface area (Å²) in [4.78, 5) is 2.25. The molecule has 0 radical (unpaired) electrons. The van der Waals surface area contributed by atoms with E-state index in [4.69, 9.17) is 23.8 Å². The molecule has 1 fully saturated rings. The third-order valence-electron chi connectivity index (χ3n) is 3.51. The molecule has 0 saturated carbocycles. The summed E-state index contributed by atoms with van der Waals surface area (Å²) in [6.07, 6.45) is 2.44. The van der Waals surface area contributed by atoms with Gasteiger partial charge in [-0.25, -0.2) is 0 Å². The fraction of sp³-hybridized carbons (Fsp3) is 0.500. The topological polar surface area (TPSA) is 15.3 Å². The van der Waals surface area contributed by atoms with E-state index in [0.717, 1.165) is 40.4 Å².